The minimum Gasteiger partial charge on any atom is -0.454 e. The maximum absolute atomic E-state index is 12.3. The van der Waals surface area contributed by atoms with Crippen molar-refractivity contribution in [3.8, 4) is 5.75 Å². The van der Waals surface area contributed by atoms with Gasteiger partial charge in [-0.2, -0.15) is 13.2 Å². The number of hydrogen-bond donors (Lipinski definition) is 3. The molecule has 1 aliphatic rings. The first-order chi connectivity index (χ1) is 13.9. The van der Waals surface area contributed by atoms with Crippen molar-refractivity contribution >= 4 is 11.9 Å². The normalized spacial score (nSPS) is 14.9. The molecule has 0 aromatic heterocycles. The Bertz CT molecular complexity index is 730. The molecule has 0 saturated heterocycles. The van der Waals surface area contributed by atoms with Crippen LogP contribution in [0.1, 0.15) is 32.6 Å². The van der Waals surface area contributed by atoms with Crippen molar-refractivity contribution in [1.29, 1.82) is 0 Å². The summed E-state index contributed by atoms with van der Waals surface area (Å²) in [6.45, 7) is 2.13. The second-order valence-corrected chi connectivity index (χ2v) is 7.38. The highest BCUT2D eigenvalue weighted by atomic mass is 32.2. The maximum atomic E-state index is 12.3. The van der Waals surface area contributed by atoms with Gasteiger partial charge in [0.1, 0.15) is 5.75 Å². The van der Waals surface area contributed by atoms with Crippen LogP contribution in [0.15, 0.2) is 64.4 Å². The van der Waals surface area contributed by atoms with Crippen molar-refractivity contribution in [1.82, 2.24) is 10.6 Å². The molecule has 0 spiro atoms. The van der Waals surface area contributed by atoms with Crippen molar-refractivity contribution in [2.24, 2.45) is 5.14 Å². The Hall–Kier alpha value is -1.90. The van der Waals surface area contributed by atoms with Crippen LogP contribution in [0.25, 0.3) is 0 Å². The third kappa shape index (κ3) is 8.55. The summed E-state index contributed by atoms with van der Waals surface area (Å²) in [5, 5.41) is 11.8. The van der Waals surface area contributed by atoms with Gasteiger partial charge < -0.3 is 15.4 Å². The third-order valence-electron chi connectivity index (χ3n) is 4.24. The van der Waals surface area contributed by atoms with Crippen LogP contribution in [0.4, 0.5) is 13.2 Å². The second-order valence-electron chi connectivity index (χ2n) is 6.65. The summed E-state index contributed by atoms with van der Waals surface area (Å²) in [5.41, 5.74) is 1.74. The molecule has 0 atom stereocenters. The van der Waals surface area contributed by atoms with Gasteiger partial charge in [0, 0.05) is 17.9 Å². The first kappa shape index (κ1) is 23.4. The lowest BCUT2D eigenvalue weighted by atomic mass is 10.1. The average molecular weight is 428 g/mol. The molecule has 1 aliphatic carbocycles. The lowest BCUT2D eigenvalue weighted by Gasteiger charge is -2.18. The van der Waals surface area contributed by atoms with Crippen LogP contribution in [0.3, 0.4) is 0 Å². The average Bonchev–Trinajstić information content (AvgIpc) is 2.85. The molecule has 1 aromatic carbocycles. The van der Waals surface area contributed by atoms with Crippen LogP contribution in [0.5, 0.6) is 5.75 Å². The number of ether oxygens (including phenoxy) is 1. The van der Waals surface area contributed by atoms with E-state index in [-0.39, 0.29) is 6.54 Å². The molecule has 8 heteroatoms. The third-order valence-corrected chi connectivity index (χ3v) is 4.88. The molecule has 0 saturated carbocycles. The zero-order valence-electron chi connectivity index (χ0n) is 16.5. The van der Waals surface area contributed by atoms with E-state index >= 15 is 0 Å². The van der Waals surface area contributed by atoms with Gasteiger partial charge in [-0.15, -0.1) is 0 Å². The summed E-state index contributed by atoms with van der Waals surface area (Å²) >= 11 is 1.13. The van der Waals surface area contributed by atoms with E-state index in [1.54, 1.807) is 0 Å². The van der Waals surface area contributed by atoms with Gasteiger partial charge in [0.2, 0.25) is 0 Å². The molecular formula is C21H28F3N3OS. The van der Waals surface area contributed by atoms with Crippen LogP contribution in [0, 0.1) is 0 Å². The molecule has 4 N–H and O–H groups in total. The minimum absolute atomic E-state index is 0.240. The number of alkyl halides is 3. The number of allylic oxidation sites excluding steroid dienone is 3. The Morgan fingerprint density at radius 2 is 1.93 bits per heavy atom. The molecule has 0 amide bonds. The standard InChI is InChI=1S/C21H28F3N3OS/c1-2-3-12-27-18-14-16(11-13-26-15-21(22,23)24)9-10-19(29-25)20(18)28-17-7-5-4-6-8-17/h4-9,14,26-27H,2-3,10-13,15,25H2,1H3. The molecular weight excluding hydrogens is 399 g/mol. The molecule has 0 heterocycles. The Morgan fingerprint density at radius 3 is 2.59 bits per heavy atom. The number of benzene rings is 1. The van der Waals surface area contributed by atoms with Gasteiger partial charge in [-0.1, -0.05) is 37.6 Å². The summed E-state index contributed by atoms with van der Waals surface area (Å²) in [4.78, 5) is 0.863. The molecule has 0 radical (unpaired) electrons. The van der Waals surface area contributed by atoms with Gasteiger partial charge in [-0.05, 0) is 55.1 Å². The van der Waals surface area contributed by atoms with Crippen LogP contribution in [0.2, 0.25) is 0 Å². The molecule has 0 unspecified atom stereocenters. The SMILES string of the molecule is CCCCNC1=CC(CCNCC(F)(F)F)=CCC(SN)=C1Oc1ccccc1. The van der Waals surface area contributed by atoms with Gasteiger partial charge in [0.25, 0.3) is 0 Å². The summed E-state index contributed by atoms with van der Waals surface area (Å²) in [6, 6.07) is 9.44. The monoisotopic (exact) mass is 427 g/mol. The van der Waals surface area contributed by atoms with Gasteiger partial charge in [0.05, 0.1) is 12.2 Å². The lowest BCUT2D eigenvalue weighted by molar-refractivity contribution is -0.124. The molecule has 0 aliphatic heterocycles. The molecule has 4 nitrogen and oxygen atoms in total. The van der Waals surface area contributed by atoms with E-state index in [0.717, 1.165) is 47.5 Å². The number of para-hydroxylation sites is 1. The van der Waals surface area contributed by atoms with E-state index in [1.807, 2.05) is 42.5 Å². The van der Waals surface area contributed by atoms with Gasteiger partial charge in [-0.3, -0.25) is 5.14 Å². The van der Waals surface area contributed by atoms with Gasteiger partial charge >= 0.3 is 6.18 Å². The van der Waals surface area contributed by atoms with E-state index in [0.29, 0.717) is 24.4 Å². The molecule has 1 aromatic rings. The first-order valence-electron chi connectivity index (χ1n) is 9.68. The predicted molar refractivity (Wildman–Crippen MR) is 113 cm³/mol. The predicted octanol–water partition coefficient (Wildman–Crippen LogP) is 5.03. The number of halogens is 3. The Kier molecular flexibility index (Phi) is 9.63. The summed E-state index contributed by atoms with van der Waals surface area (Å²) in [5.74, 6) is 1.36. The Labute approximate surface area is 174 Å². The van der Waals surface area contributed by atoms with E-state index in [4.69, 9.17) is 9.88 Å². The fourth-order valence-corrected chi connectivity index (χ4v) is 3.20. The highest BCUT2D eigenvalue weighted by molar-refractivity contribution is 8.00. The largest absolute Gasteiger partial charge is 0.454 e. The van der Waals surface area contributed by atoms with E-state index < -0.39 is 12.7 Å². The summed E-state index contributed by atoms with van der Waals surface area (Å²) < 4.78 is 43.2. The minimum atomic E-state index is -4.21. The van der Waals surface area contributed by atoms with Gasteiger partial charge in [-0.25, -0.2) is 0 Å². The topological polar surface area (TPSA) is 59.3 Å². The van der Waals surface area contributed by atoms with Crippen LogP contribution >= 0.6 is 11.9 Å². The molecule has 2 rings (SSSR count). The van der Waals surface area contributed by atoms with Crippen molar-refractivity contribution in [3.05, 3.63) is 64.4 Å². The number of nitrogens with one attached hydrogen (secondary N) is 2. The quantitative estimate of drug-likeness (QED) is 0.342. The smallest absolute Gasteiger partial charge is 0.401 e. The number of rotatable bonds is 11. The first-order valence-corrected chi connectivity index (χ1v) is 10.6. The van der Waals surface area contributed by atoms with Crippen molar-refractivity contribution in [2.45, 2.75) is 38.8 Å². The van der Waals surface area contributed by atoms with E-state index in [1.165, 1.54) is 0 Å². The van der Waals surface area contributed by atoms with Gasteiger partial charge in [0.15, 0.2) is 5.76 Å². The lowest BCUT2D eigenvalue weighted by Crippen LogP contribution is -2.29. The summed E-state index contributed by atoms with van der Waals surface area (Å²) in [6.07, 6.45) is 2.82. The Morgan fingerprint density at radius 1 is 1.17 bits per heavy atom. The summed E-state index contributed by atoms with van der Waals surface area (Å²) in [7, 11) is 0. The van der Waals surface area contributed by atoms with Crippen LogP contribution in [-0.2, 0) is 0 Å². The number of unbranched alkanes of at least 4 members (excludes halogenated alkanes) is 1. The molecule has 0 fully saturated rings. The highest BCUT2D eigenvalue weighted by Crippen LogP contribution is 2.31. The fraction of sp³-hybridized carbons (Fsp3) is 0.429. The van der Waals surface area contributed by atoms with Crippen LogP contribution in [-0.4, -0.2) is 25.8 Å². The maximum Gasteiger partial charge on any atom is 0.401 e. The Balaban J connectivity index is 2.17. The molecule has 29 heavy (non-hydrogen) atoms. The highest BCUT2D eigenvalue weighted by Gasteiger charge is 2.26. The van der Waals surface area contributed by atoms with Crippen molar-refractivity contribution in [3.63, 3.8) is 0 Å². The number of nitrogens with two attached hydrogens (primary N) is 1. The van der Waals surface area contributed by atoms with Crippen molar-refractivity contribution in [2.75, 3.05) is 19.6 Å². The zero-order valence-corrected chi connectivity index (χ0v) is 17.3. The van der Waals surface area contributed by atoms with Crippen molar-refractivity contribution < 1.29 is 17.9 Å². The van der Waals surface area contributed by atoms with E-state index in [9.17, 15) is 13.2 Å². The molecule has 0 bridgehead atoms. The second kappa shape index (κ2) is 11.9. The zero-order chi connectivity index (χ0) is 21.1. The number of hydrogen-bond acceptors (Lipinski definition) is 5. The molecule has 160 valence electrons. The van der Waals surface area contributed by atoms with E-state index in [2.05, 4.69) is 17.6 Å². The van der Waals surface area contributed by atoms with Crippen LogP contribution < -0.4 is 20.5 Å². The fourth-order valence-electron chi connectivity index (χ4n) is 2.76.